The topological polar surface area (TPSA) is 117 Å². The highest BCUT2D eigenvalue weighted by Crippen LogP contribution is 2.11. The smallest absolute Gasteiger partial charge is 0.321 e. The molecule has 0 bridgehead atoms. The van der Waals surface area contributed by atoms with E-state index in [9.17, 15) is 14.4 Å². The molecule has 0 unspecified atom stereocenters. The van der Waals surface area contributed by atoms with Crippen molar-refractivity contribution in [2.45, 2.75) is 13.1 Å². The van der Waals surface area contributed by atoms with Crippen molar-refractivity contribution >= 4 is 22.8 Å². The average Bonchev–Trinajstić information content (AvgIpc) is 3.16. The van der Waals surface area contributed by atoms with Gasteiger partial charge in [-0.15, -0.1) is 0 Å². The SMILES string of the molecule is N#Cc1cn(CC(=O)NC(=O)NCc2ccco2)c2ccccc2c1=O. The van der Waals surface area contributed by atoms with Crippen LogP contribution in [0.25, 0.3) is 10.9 Å². The summed E-state index contributed by atoms with van der Waals surface area (Å²) in [6, 6.07) is 11.2. The minimum Gasteiger partial charge on any atom is -0.467 e. The van der Waals surface area contributed by atoms with Gasteiger partial charge in [0.25, 0.3) is 0 Å². The molecule has 26 heavy (non-hydrogen) atoms. The third-order valence-corrected chi connectivity index (χ3v) is 3.68. The highest BCUT2D eigenvalue weighted by molar-refractivity contribution is 5.94. The molecule has 3 amide bonds. The fraction of sp³-hybridized carbons (Fsp3) is 0.111. The molecule has 0 saturated carbocycles. The van der Waals surface area contributed by atoms with Gasteiger partial charge < -0.3 is 14.3 Å². The Balaban J connectivity index is 1.73. The Bertz CT molecular complexity index is 1060. The second kappa shape index (κ2) is 7.36. The van der Waals surface area contributed by atoms with Crippen LogP contribution in [0.2, 0.25) is 0 Å². The lowest BCUT2D eigenvalue weighted by atomic mass is 10.1. The van der Waals surface area contributed by atoms with Crippen LogP contribution in [-0.2, 0) is 17.9 Å². The van der Waals surface area contributed by atoms with Gasteiger partial charge in [-0.2, -0.15) is 5.26 Å². The van der Waals surface area contributed by atoms with Gasteiger partial charge in [0, 0.05) is 11.6 Å². The van der Waals surface area contributed by atoms with Crippen LogP contribution >= 0.6 is 0 Å². The molecule has 8 nitrogen and oxygen atoms in total. The third kappa shape index (κ3) is 3.62. The van der Waals surface area contributed by atoms with Crippen molar-refractivity contribution in [2.75, 3.05) is 0 Å². The number of hydrogen-bond acceptors (Lipinski definition) is 5. The number of benzene rings is 1. The number of nitrogens with zero attached hydrogens (tertiary/aromatic N) is 2. The molecule has 0 radical (unpaired) electrons. The molecule has 8 heteroatoms. The van der Waals surface area contributed by atoms with E-state index in [1.165, 1.54) is 17.0 Å². The van der Waals surface area contributed by atoms with Crippen molar-refractivity contribution in [3.05, 3.63) is 70.4 Å². The summed E-state index contributed by atoms with van der Waals surface area (Å²) in [6.45, 7) is -0.0741. The van der Waals surface area contributed by atoms with Crippen LogP contribution < -0.4 is 16.1 Å². The van der Waals surface area contributed by atoms with Crippen LogP contribution in [0.1, 0.15) is 11.3 Å². The van der Waals surface area contributed by atoms with E-state index < -0.39 is 17.4 Å². The number of urea groups is 1. The van der Waals surface area contributed by atoms with Gasteiger partial charge in [0.1, 0.15) is 23.9 Å². The lowest BCUT2D eigenvalue weighted by molar-refractivity contribution is -0.120. The van der Waals surface area contributed by atoms with Gasteiger partial charge in [0.05, 0.1) is 18.3 Å². The summed E-state index contributed by atoms with van der Waals surface area (Å²) in [7, 11) is 0. The molecular weight excluding hydrogens is 336 g/mol. The summed E-state index contributed by atoms with van der Waals surface area (Å²) in [5, 5.41) is 14.1. The van der Waals surface area contributed by atoms with E-state index in [4.69, 9.17) is 9.68 Å². The van der Waals surface area contributed by atoms with Crippen LogP contribution in [0.4, 0.5) is 4.79 Å². The summed E-state index contributed by atoms with van der Waals surface area (Å²) in [5.41, 5.74) is 0.0392. The van der Waals surface area contributed by atoms with E-state index in [2.05, 4.69) is 10.6 Å². The van der Waals surface area contributed by atoms with E-state index >= 15 is 0 Å². The fourth-order valence-electron chi connectivity index (χ4n) is 2.50. The zero-order valence-corrected chi connectivity index (χ0v) is 13.6. The fourth-order valence-corrected chi connectivity index (χ4v) is 2.50. The number of fused-ring (bicyclic) bond motifs is 1. The molecular formula is C18H14N4O4. The molecule has 0 atom stereocenters. The average molecular weight is 350 g/mol. The summed E-state index contributed by atoms with van der Waals surface area (Å²) in [5.74, 6) is -0.0303. The summed E-state index contributed by atoms with van der Waals surface area (Å²) >= 11 is 0. The van der Waals surface area contributed by atoms with Crippen LogP contribution in [0.5, 0.6) is 0 Å². The number of hydrogen-bond donors (Lipinski definition) is 2. The first-order valence-electron chi connectivity index (χ1n) is 7.71. The zero-order valence-electron chi connectivity index (χ0n) is 13.6. The monoisotopic (exact) mass is 350 g/mol. The standard InChI is InChI=1S/C18H14N4O4/c19-8-12-10-22(15-6-2-1-5-14(15)17(12)24)11-16(23)21-18(25)20-9-13-4-3-7-26-13/h1-7,10H,9,11H2,(H2,20,21,23,25). The van der Waals surface area contributed by atoms with Gasteiger partial charge in [-0.05, 0) is 24.3 Å². The molecule has 2 aromatic heterocycles. The first kappa shape index (κ1) is 17.0. The Morgan fingerprint density at radius 1 is 1.19 bits per heavy atom. The van der Waals surface area contributed by atoms with Gasteiger partial charge in [0.15, 0.2) is 0 Å². The van der Waals surface area contributed by atoms with E-state index in [0.29, 0.717) is 16.7 Å². The minimum absolute atomic E-state index is 0.0706. The number of rotatable bonds is 4. The van der Waals surface area contributed by atoms with E-state index in [-0.39, 0.29) is 18.7 Å². The maximum absolute atomic E-state index is 12.2. The molecule has 0 saturated heterocycles. The number of carbonyl (C=O) groups is 2. The van der Waals surface area contributed by atoms with Crippen molar-refractivity contribution < 1.29 is 14.0 Å². The van der Waals surface area contributed by atoms with Crippen LogP contribution in [0.3, 0.4) is 0 Å². The van der Waals surface area contributed by atoms with Crippen molar-refractivity contribution in [2.24, 2.45) is 0 Å². The lowest BCUT2D eigenvalue weighted by Gasteiger charge is -2.11. The van der Waals surface area contributed by atoms with Crippen LogP contribution in [0.15, 0.2) is 58.1 Å². The number of amides is 3. The maximum Gasteiger partial charge on any atom is 0.321 e. The Hall–Kier alpha value is -3.86. The molecule has 3 rings (SSSR count). The number of nitriles is 1. The molecule has 0 aliphatic carbocycles. The summed E-state index contributed by atoms with van der Waals surface area (Å²) in [4.78, 5) is 36.1. The lowest BCUT2D eigenvalue weighted by Crippen LogP contribution is -2.40. The number of carbonyl (C=O) groups excluding carboxylic acids is 2. The van der Waals surface area contributed by atoms with Gasteiger partial charge in [-0.3, -0.25) is 14.9 Å². The van der Waals surface area contributed by atoms with Gasteiger partial charge in [-0.25, -0.2) is 4.79 Å². The number of pyridine rings is 1. The predicted octanol–water partition coefficient (Wildman–Crippen LogP) is 1.49. The van der Waals surface area contributed by atoms with Gasteiger partial charge in [0.2, 0.25) is 11.3 Å². The van der Waals surface area contributed by atoms with Gasteiger partial charge >= 0.3 is 6.03 Å². The number of imide groups is 1. The molecule has 3 aromatic rings. The highest BCUT2D eigenvalue weighted by atomic mass is 16.3. The molecule has 0 aliphatic rings. The van der Waals surface area contributed by atoms with Crippen molar-refractivity contribution in [3.63, 3.8) is 0 Å². The van der Waals surface area contributed by atoms with E-state index in [1.807, 2.05) is 6.07 Å². The Labute approximate surface area is 147 Å². The first-order valence-corrected chi connectivity index (χ1v) is 7.71. The second-order valence-corrected chi connectivity index (χ2v) is 5.44. The third-order valence-electron chi connectivity index (χ3n) is 3.68. The molecule has 0 fully saturated rings. The number of nitrogens with one attached hydrogen (secondary N) is 2. The van der Waals surface area contributed by atoms with E-state index in [1.54, 1.807) is 36.4 Å². The summed E-state index contributed by atoms with van der Waals surface area (Å²) < 4.78 is 6.54. The normalized spacial score (nSPS) is 10.3. The van der Waals surface area contributed by atoms with Crippen molar-refractivity contribution in [3.8, 4) is 6.07 Å². The Morgan fingerprint density at radius 3 is 2.73 bits per heavy atom. The summed E-state index contributed by atoms with van der Waals surface area (Å²) in [6.07, 6.45) is 2.79. The van der Waals surface area contributed by atoms with Gasteiger partial charge in [-0.1, -0.05) is 12.1 Å². The van der Waals surface area contributed by atoms with Crippen molar-refractivity contribution in [1.29, 1.82) is 5.26 Å². The molecule has 2 N–H and O–H groups in total. The quantitative estimate of drug-likeness (QED) is 0.739. The number of furan rings is 1. The molecule has 2 heterocycles. The second-order valence-electron chi connectivity index (χ2n) is 5.44. The van der Waals surface area contributed by atoms with E-state index in [0.717, 1.165) is 0 Å². The highest BCUT2D eigenvalue weighted by Gasteiger charge is 2.13. The number of aromatic nitrogens is 1. The molecule has 0 spiro atoms. The number of para-hydroxylation sites is 1. The van der Waals surface area contributed by atoms with Crippen LogP contribution in [0, 0.1) is 11.3 Å². The Morgan fingerprint density at radius 2 is 2.00 bits per heavy atom. The first-order chi connectivity index (χ1) is 12.6. The maximum atomic E-state index is 12.2. The zero-order chi connectivity index (χ0) is 18.5. The predicted molar refractivity (Wildman–Crippen MR) is 92.0 cm³/mol. The minimum atomic E-state index is -0.669. The Kier molecular flexibility index (Phi) is 4.80. The molecule has 0 aliphatic heterocycles. The van der Waals surface area contributed by atoms with Crippen molar-refractivity contribution in [1.82, 2.24) is 15.2 Å². The molecule has 130 valence electrons. The molecule has 1 aromatic carbocycles. The largest absolute Gasteiger partial charge is 0.467 e. The van der Waals surface area contributed by atoms with Crippen LogP contribution in [-0.4, -0.2) is 16.5 Å².